The number of aromatic nitrogens is 3. The number of hydrogen-bond donors (Lipinski definition) is 1. The molecule has 0 saturated carbocycles. The van der Waals surface area contributed by atoms with Gasteiger partial charge in [0.1, 0.15) is 0 Å². The van der Waals surface area contributed by atoms with Gasteiger partial charge in [0, 0.05) is 37.6 Å². The Bertz CT molecular complexity index is 436. The van der Waals surface area contributed by atoms with Gasteiger partial charge in [-0.25, -0.2) is 0 Å². The molecule has 0 aliphatic carbocycles. The van der Waals surface area contributed by atoms with Crippen LogP contribution in [0.15, 0.2) is 36.8 Å². The van der Waals surface area contributed by atoms with Crippen LogP contribution in [0.1, 0.15) is 11.3 Å². The molecular formula is C13H18N4. The van der Waals surface area contributed by atoms with Crippen molar-refractivity contribution in [2.24, 2.45) is 0 Å². The third-order valence-electron chi connectivity index (χ3n) is 2.56. The van der Waals surface area contributed by atoms with E-state index >= 15 is 0 Å². The molecule has 0 amide bonds. The molecule has 2 heterocycles. The molecule has 0 saturated heterocycles. The molecule has 0 spiro atoms. The van der Waals surface area contributed by atoms with Crippen LogP contribution in [-0.2, 0) is 13.0 Å². The smallest absolute Gasteiger partial charge is 0.0534 e. The van der Waals surface area contributed by atoms with Gasteiger partial charge in [-0.2, -0.15) is 5.10 Å². The minimum Gasteiger partial charge on any atom is -0.315 e. The maximum absolute atomic E-state index is 4.28. The molecule has 0 bridgehead atoms. The summed E-state index contributed by atoms with van der Waals surface area (Å²) in [6.45, 7) is 4.86. The summed E-state index contributed by atoms with van der Waals surface area (Å²) in [5.41, 5.74) is 2.34. The molecule has 0 aromatic carbocycles. The van der Waals surface area contributed by atoms with Crippen LogP contribution in [0.4, 0.5) is 0 Å². The molecule has 2 aromatic rings. The Hall–Kier alpha value is -1.68. The van der Waals surface area contributed by atoms with Crippen molar-refractivity contribution in [2.45, 2.75) is 19.9 Å². The van der Waals surface area contributed by atoms with Gasteiger partial charge in [0.15, 0.2) is 0 Å². The Morgan fingerprint density at radius 1 is 1.29 bits per heavy atom. The number of nitrogens with zero attached hydrogens (tertiary/aromatic N) is 3. The van der Waals surface area contributed by atoms with Gasteiger partial charge < -0.3 is 5.32 Å². The summed E-state index contributed by atoms with van der Waals surface area (Å²) in [4.78, 5) is 4.28. The van der Waals surface area contributed by atoms with E-state index in [0.717, 1.165) is 31.7 Å². The van der Waals surface area contributed by atoms with Gasteiger partial charge in [-0.3, -0.25) is 9.67 Å². The molecule has 0 fully saturated rings. The minimum absolute atomic E-state index is 0.913. The zero-order valence-corrected chi connectivity index (χ0v) is 10.1. The second-order valence-electron chi connectivity index (χ2n) is 4.10. The number of pyridine rings is 1. The van der Waals surface area contributed by atoms with Crippen LogP contribution in [0.5, 0.6) is 0 Å². The Labute approximate surface area is 102 Å². The predicted octanol–water partition coefficient (Wildman–Crippen LogP) is 1.42. The molecule has 0 radical (unpaired) electrons. The predicted molar refractivity (Wildman–Crippen MR) is 67.8 cm³/mol. The van der Waals surface area contributed by atoms with Crippen LogP contribution in [0, 0.1) is 6.92 Å². The van der Waals surface area contributed by atoms with Crippen LogP contribution in [0.2, 0.25) is 0 Å². The molecule has 0 aliphatic rings. The SMILES string of the molecule is Cc1cnn(CCNCCc2ccccn2)c1. The topological polar surface area (TPSA) is 42.7 Å². The highest BCUT2D eigenvalue weighted by Gasteiger charge is 1.95. The molecule has 0 atom stereocenters. The summed E-state index contributed by atoms with van der Waals surface area (Å²) in [7, 11) is 0. The molecule has 4 heteroatoms. The van der Waals surface area contributed by atoms with Gasteiger partial charge in [0.2, 0.25) is 0 Å². The van der Waals surface area contributed by atoms with Crippen molar-refractivity contribution in [3.63, 3.8) is 0 Å². The molecule has 2 aromatic heterocycles. The van der Waals surface area contributed by atoms with E-state index < -0.39 is 0 Å². The van der Waals surface area contributed by atoms with Crippen molar-refractivity contribution in [1.82, 2.24) is 20.1 Å². The maximum Gasteiger partial charge on any atom is 0.0534 e. The molecule has 1 N–H and O–H groups in total. The first-order valence-corrected chi connectivity index (χ1v) is 5.94. The second-order valence-corrected chi connectivity index (χ2v) is 4.10. The zero-order valence-electron chi connectivity index (χ0n) is 10.1. The summed E-state index contributed by atoms with van der Waals surface area (Å²) >= 11 is 0. The lowest BCUT2D eigenvalue weighted by atomic mass is 10.3. The molecule has 4 nitrogen and oxygen atoms in total. The minimum atomic E-state index is 0.913. The number of aryl methyl sites for hydroxylation is 1. The average Bonchev–Trinajstić information content (AvgIpc) is 2.76. The lowest BCUT2D eigenvalue weighted by Gasteiger charge is -2.04. The monoisotopic (exact) mass is 230 g/mol. The maximum atomic E-state index is 4.28. The van der Waals surface area contributed by atoms with Crippen LogP contribution in [-0.4, -0.2) is 27.9 Å². The van der Waals surface area contributed by atoms with Gasteiger partial charge >= 0.3 is 0 Å². The summed E-state index contributed by atoms with van der Waals surface area (Å²) < 4.78 is 1.96. The van der Waals surface area contributed by atoms with Crippen molar-refractivity contribution in [3.05, 3.63) is 48.0 Å². The largest absolute Gasteiger partial charge is 0.315 e. The van der Waals surface area contributed by atoms with Gasteiger partial charge in [-0.15, -0.1) is 0 Å². The van der Waals surface area contributed by atoms with E-state index in [2.05, 4.69) is 34.6 Å². The fourth-order valence-corrected chi connectivity index (χ4v) is 1.67. The summed E-state index contributed by atoms with van der Waals surface area (Å²) in [5.74, 6) is 0. The Morgan fingerprint density at radius 3 is 2.94 bits per heavy atom. The van der Waals surface area contributed by atoms with Crippen LogP contribution in [0.25, 0.3) is 0 Å². The third kappa shape index (κ3) is 4.00. The van der Waals surface area contributed by atoms with E-state index in [1.165, 1.54) is 5.56 Å². The van der Waals surface area contributed by atoms with Gasteiger partial charge in [0.05, 0.1) is 12.7 Å². The Balaban J connectivity index is 1.61. The van der Waals surface area contributed by atoms with Crippen LogP contribution in [0.3, 0.4) is 0 Å². The molecule has 0 unspecified atom stereocenters. The fraction of sp³-hybridized carbons (Fsp3) is 0.385. The summed E-state index contributed by atoms with van der Waals surface area (Å²) in [6, 6.07) is 6.02. The van der Waals surface area contributed by atoms with E-state index in [9.17, 15) is 0 Å². The van der Waals surface area contributed by atoms with Crippen LogP contribution >= 0.6 is 0 Å². The van der Waals surface area contributed by atoms with Crippen LogP contribution < -0.4 is 5.32 Å². The first kappa shape index (κ1) is 11.8. The molecule has 0 aliphatic heterocycles. The second kappa shape index (κ2) is 6.15. The van der Waals surface area contributed by atoms with Crippen molar-refractivity contribution in [2.75, 3.05) is 13.1 Å². The van der Waals surface area contributed by atoms with Crippen molar-refractivity contribution < 1.29 is 0 Å². The standard InChI is InChI=1S/C13H18N4/c1-12-10-16-17(11-12)9-8-14-7-5-13-4-2-3-6-15-13/h2-4,6,10-11,14H,5,7-9H2,1H3. The Kier molecular flexibility index (Phi) is 4.27. The lowest BCUT2D eigenvalue weighted by Crippen LogP contribution is -2.22. The highest BCUT2D eigenvalue weighted by Crippen LogP contribution is 1.94. The summed E-state index contributed by atoms with van der Waals surface area (Å²) in [6.07, 6.45) is 6.75. The van der Waals surface area contributed by atoms with Gasteiger partial charge in [-0.05, 0) is 24.6 Å². The fourth-order valence-electron chi connectivity index (χ4n) is 1.67. The highest BCUT2D eigenvalue weighted by atomic mass is 15.3. The molecular weight excluding hydrogens is 212 g/mol. The molecule has 2 rings (SSSR count). The highest BCUT2D eigenvalue weighted by molar-refractivity contribution is 5.03. The average molecular weight is 230 g/mol. The normalized spacial score (nSPS) is 10.6. The van der Waals surface area contributed by atoms with Gasteiger partial charge in [0.25, 0.3) is 0 Å². The quantitative estimate of drug-likeness (QED) is 0.763. The number of hydrogen-bond acceptors (Lipinski definition) is 3. The first-order valence-electron chi connectivity index (χ1n) is 5.94. The van der Waals surface area contributed by atoms with Crippen molar-refractivity contribution >= 4 is 0 Å². The van der Waals surface area contributed by atoms with Crippen molar-refractivity contribution in [3.8, 4) is 0 Å². The van der Waals surface area contributed by atoms with E-state index in [-0.39, 0.29) is 0 Å². The van der Waals surface area contributed by atoms with Crippen molar-refractivity contribution in [1.29, 1.82) is 0 Å². The van der Waals surface area contributed by atoms with E-state index in [0.29, 0.717) is 0 Å². The number of nitrogens with one attached hydrogen (secondary N) is 1. The van der Waals surface area contributed by atoms with E-state index in [4.69, 9.17) is 0 Å². The molecule has 90 valence electrons. The Morgan fingerprint density at radius 2 is 2.24 bits per heavy atom. The zero-order chi connectivity index (χ0) is 11.9. The van der Waals surface area contributed by atoms with E-state index in [1.54, 1.807) is 0 Å². The number of rotatable bonds is 6. The van der Waals surface area contributed by atoms with Gasteiger partial charge in [-0.1, -0.05) is 6.07 Å². The lowest BCUT2D eigenvalue weighted by molar-refractivity contribution is 0.555. The first-order chi connectivity index (χ1) is 8.34. The van der Waals surface area contributed by atoms with E-state index in [1.807, 2.05) is 29.2 Å². The molecule has 17 heavy (non-hydrogen) atoms. The third-order valence-corrected chi connectivity index (χ3v) is 2.56. The summed E-state index contributed by atoms with van der Waals surface area (Å²) in [5, 5.41) is 7.63.